The van der Waals surface area contributed by atoms with Crippen LogP contribution in [0.2, 0.25) is 0 Å². The normalized spacial score (nSPS) is 11.3. The van der Waals surface area contributed by atoms with E-state index in [-0.39, 0.29) is 0 Å². The molecular formula is C15H10BrN5. The first-order valence-corrected chi connectivity index (χ1v) is 7.18. The monoisotopic (exact) mass is 339 g/mol. The molecule has 0 saturated heterocycles. The SMILES string of the molecule is Nc1ccc(-n2nnc3ccccc32)c2ncc(Br)cc12. The number of nitrogens with zero attached hydrogens (tertiary/aromatic N) is 4. The van der Waals surface area contributed by atoms with Crippen LogP contribution in [0.4, 0.5) is 5.69 Å². The van der Waals surface area contributed by atoms with Crippen molar-refractivity contribution in [2.24, 2.45) is 0 Å². The zero-order valence-corrected chi connectivity index (χ0v) is 12.4. The third-order valence-corrected chi connectivity index (χ3v) is 3.84. The van der Waals surface area contributed by atoms with Crippen LogP contribution in [0.3, 0.4) is 0 Å². The molecule has 0 saturated carbocycles. The van der Waals surface area contributed by atoms with E-state index in [1.54, 1.807) is 10.9 Å². The lowest BCUT2D eigenvalue weighted by atomic mass is 10.1. The number of halogens is 1. The van der Waals surface area contributed by atoms with Crippen LogP contribution in [-0.4, -0.2) is 20.0 Å². The van der Waals surface area contributed by atoms with Crippen molar-refractivity contribution in [1.29, 1.82) is 0 Å². The average molecular weight is 340 g/mol. The number of fused-ring (bicyclic) bond motifs is 2. The lowest BCUT2D eigenvalue weighted by molar-refractivity contribution is 0.827. The van der Waals surface area contributed by atoms with E-state index in [2.05, 4.69) is 31.2 Å². The van der Waals surface area contributed by atoms with Gasteiger partial charge in [0.2, 0.25) is 0 Å². The van der Waals surface area contributed by atoms with Gasteiger partial charge >= 0.3 is 0 Å². The fraction of sp³-hybridized carbons (Fsp3) is 0. The number of para-hydroxylation sites is 1. The molecule has 2 N–H and O–H groups in total. The predicted molar refractivity (Wildman–Crippen MR) is 86.3 cm³/mol. The fourth-order valence-electron chi connectivity index (χ4n) is 2.42. The summed E-state index contributed by atoms with van der Waals surface area (Å²) in [5.74, 6) is 0. The van der Waals surface area contributed by atoms with Crippen molar-refractivity contribution in [3.8, 4) is 5.69 Å². The topological polar surface area (TPSA) is 69.6 Å². The van der Waals surface area contributed by atoms with Crippen molar-refractivity contribution in [1.82, 2.24) is 20.0 Å². The van der Waals surface area contributed by atoms with Crippen LogP contribution >= 0.6 is 15.9 Å². The molecule has 4 aromatic rings. The van der Waals surface area contributed by atoms with E-state index in [4.69, 9.17) is 5.73 Å². The number of rotatable bonds is 1. The lowest BCUT2D eigenvalue weighted by Gasteiger charge is -2.08. The van der Waals surface area contributed by atoms with Crippen molar-refractivity contribution in [2.75, 3.05) is 5.73 Å². The second kappa shape index (κ2) is 4.53. The Morgan fingerprint density at radius 3 is 2.86 bits per heavy atom. The molecule has 0 fully saturated rings. The molecule has 0 amide bonds. The molecular weight excluding hydrogens is 330 g/mol. The summed E-state index contributed by atoms with van der Waals surface area (Å²) in [7, 11) is 0. The van der Waals surface area contributed by atoms with Crippen molar-refractivity contribution < 1.29 is 0 Å². The summed E-state index contributed by atoms with van der Waals surface area (Å²) < 4.78 is 2.68. The van der Waals surface area contributed by atoms with Crippen LogP contribution in [0, 0.1) is 0 Å². The Hall–Kier alpha value is -2.47. The van der Waals surface area contributed by atoms with Crippen LogP contribution in [0.15, 0.2) is 53.1 Å². The summed E-state index contributed by atoms with van der Waals surface area (Å²) in [6, 6.07) is 13.6. The predicted octanol–water partition coefficient (Wildman–Crippen LogP) is 3.31. The number of pyridine rings is 1. The second-order valence-corrected chi connectivity index (χ2v) is 5.63. The van der Waals surface area contributed by atoms with Gasteiger partial charge in [0.25, 0.3) is 0 Å². The standard InChI is InChI=1S/C15H10BrN5/c16-9-7-10-11(17)5-6-14(15(10)18-8-9)21-13-4-2-1-3-12(13)19-20-21/h1-8H,17H2. The Morgan fingerprint density at radius 1 is 1.10 bits per heavy atom. The van der Waals surface area contributed by atoms with Crippen LogP contribution in [0.5, 0.6) is 0 Å². The van der Waals surface area contributed by atoms with Crippen LogP contribution in [-0.2, 0) is 0 Å². The lowest BCUT2D eigenvalue weighted by Crippen LogP contribution is -2.00. The molecule has 0 aliphatic rings. The second-order valence-electron chi connectivity index (χ2n) is 4.71. The summed E-state index contributed by atoms with van der Waals surface area (Å²) in [5.41, 5.74) is 10.2. The van der Waals surface area contributed by atoms with Gasteiger partial charge < -0.3 is 5.73 Å². The van der Waals surface area contributed by atoms with Gasteiger partial charge in [0.15, 0.2) is 0 Å². The fourth-order valence-corrected chi connectivity index (χ4v) is 2.75. The zero-order chi connectivity index (χ0) is 14.4. The van der Waals surface area contributed by atoms with E-state index in [1.165, 1.54) is 0 Å². The molecule has 0 bridgehead atoms. The summed E-state index contributed by atoms with van der Waals surface area (Å²) in [4.78, 5) is 4.49. The maximum atomic E-state index is 6.05. The molecule has 2 aromatic carbocycles. The minimum absolute atomic E-state index is 0.687. The molecule has 0 aliphatic heterocycles. The van der Waals surface area contributed by atoms with E-state index < -0.39 is 0 Å². The smallest absolute Gasteiger partial charge is 0.113 e. The summed E-state index contributed by atoms with van der Waals surface area (Å²) >= 11 is 3.43. The summed E-state index contributed by atoms with van der Waals surface area (Å²) in [6.45, 7) is 0. The Labute approximate surface area is 128 Å². The first kappa shape index (κ1) is 12.3. The maximum Gasteiger partial charge on any atom is 0.113 e. The Balaban J connectivity index is 2.09. The molecule has 102 valence electrons. The molecule has 6 heteroatoms. The van der Waals surface area contributed by atoms with E-state index in [1.807, 2.05) is 42.5 Å². The summed E-state index contributed by atoms with van der Waals surface area (Å²) in [6.07, 6.45) is 1.75. The summed E-state index contributed by atoms with van der Waals surface area (Å²) in [5, 5.41) is 9.32. The van der Waals surface area contributed by atoms with Gasteiger partial charge in [-0.15, -0.1) is 5.10 Å². The highest BCUT2D eigenvalue weighted by Gasteiger charge is 2.12. The van der Waals surface area contributed by atoms with Gasteiger partial charge in [-0.3, -0.25) is 4.98 Å². The average Bonchev–Trinajstić information content (AvgIpc) is 2.92. The van der Waals surface area contributed by atoms with Gasteiger partial charge in [-0.05, 0) is 46.3 Å². The molecule has 0 aliphatic carbocycles. The number of hydrogen-bond donors (Lipinski definition) is 1. The van der Waals surface area contributed by atoms with Gasteiger partial charge in [0.1, 0.15) is 5.52 Å². The minimum atomic E-state index is 0.687. The Kier molecular flexibility index (Phi) is 2.65. The quantitative estimate of drug-likeness (QED) is 0.540. The molecule has 5 nitrogen and oxygen atoms in total. The van der Waals surface area contributed by atoms with Gasteiger partial charge in [0, 0.05) is 21.7 Å². The van der Waals surface area contributed by atoms with Gasteiger partial charge in [-0.25, -0.2) is 4.68 Å². The van der Waals surface area contributed by atoms with Crippen LogP contribution in [0.25, 0.3) is 27.6 Å². The third kappa shape index (κ3) is 1.87. The van der Waals surface area contributed by atoms with E-state index >= 15 is 0 Å². The number of hydrogen-bond acceptors (Lipinski definition) is 4. The maximum absolute atomic E-state index is 6.05. The molecule has 0 unspecified atom stereocenters. The first-order chi connectivity index (χ1) is 10.2. The Bertz CT molecular complexity index is 976. The number of aromatic nitrogens is 4. The van der Waals surface area contributed by atoms with E-state index in [9.17, 15) is 0 Å². The van der Waals surface area contributed by atoms with E-state index in [0.717, 1.165) is 32.1 Å². The molecule has 4 rings (SSSR count). The van der Waals surface area contributed by atoms with Gasteiger partial charge in [-0.1, -0.05) is 17.3 Å². The minimum Gasteiger partial charge on any atom is -0.398 e. The number of nitrogen functional groups attached to an aromatic ring is 1. The van der Waals surface area contributed by atoms with Crippen LogP contribution in [0.1, 0.15) is 0 Å². The molecule has 0 radical (unpaired) electrons. The highest BCUT2D eigenvalue weighted by molar-refractivity contribution is 9.10. The van der Waals surface area contributed by atoms with Gasteiger partial charge in [0.05, 0.1) is 16.7 Å². The largest absolute Gasteiger partial charge is 0.398 e. The number of benzene rings is 2. The van der Waals surface area contributed by atoms with Crippen molar-refractivity contribution in [2.45, 2.75) is 0 Å². The number of anilines is 1. The molecule has 2 aromatic heterocycles. The van der Waals surface area contributed by atoms with Crippen molar-refractivity contribution >= 4 is 43.6 Å². The highest BCUT2D eigenvalue weighted by Crippen LogP contribution is 2.29. The molecule has 0 atom stereocenters. The third-order valence-electron chi connectivity index (χ3n) is 3.41. The van der Waals surface area contributed by atoms with Crippen LogP contribution < -0.4 is 5.73 Å². The zero-order valence-electron chi connectivity index (χ0n) is 10.9. The highest BCUT2D eigenvalue weighted by atomic mass is 79.9. The molecule has 21 heavy (non-hydrogen) atoms. The molecule has 2 heterocycles. The molecule has 0 spiro atoms. The van der Waals surface area contributed by atoms with Crippen molar-refractivity contribution in [3.63, 3.8) is 0 Å². The number of nitrogens with two attached hydrogens (primary N) is 1. The first-order valence-electron chi connectivity index (χ1n) is 6.38. The van der Waals surface area contributed by atoms with Gasteiger partial charge in [-0.2, -0.15) is 0 Å². The van der Waals surface area contributed by atoms with E-state index in [0.29, 0.717) is 5.69 Å². The Morgan fingerprint density at radius 2 is 1.95 bits per heavy atom. The van der Waals surface area contributed by atoms with Crippen molar-refractivity contribution in [3.05, 3.63) is 53.1 Å².